The van der Waals surface area contributed by atoms with Gasteiger partial charge in [-0.25, -0.2) is 0 Å². The highest BCUT2D eigenvalue weighted by atomic mass is 127. The van der Waals surface area contributed by atoms with Crippen LogP contribution in [-0.4, -0.2) is 11.2 Å². The number of rotatable bonds is 4. The van der Waals surface area contributed by atoms with Gasteiger partial charge < -0.3 is 5.11 Å². The van der Waals surface area contributed by atoms with E-state index in [4.69, 9.17) is 5.11 Å². The second-order valence-corrected chi connectivity index (χ2v) is 2.72. The van der Waals surface area contributed by atoms with Gasteiger partial charge in [0, 0.05) is 0 Å². The van der Waals surface area contributed by atoms with E-state index in [-0.39, 0.29) is 6.10 Å². The van der Waals surface area contributed by atoms with Crippen molar-refractivity contribution in [1.29, 1.82) is 0 Å². The van der Waals surface area contributed by atoms with E-state index in [0.717, 1.165) is 12.8 Å². The van der Waals surface area contributed by atoms with E-state index in [1.165, 1.54) is 0 Å². The Morgan fingerprint density at radius 1 is 1.50 bits per heavy atom. The van der Waals surface area contributed by atoms with E-state index in [0.29, 0.717) is 0 Å². The molecule has 0 amide bonds. The molecule has 0 radical (unpaired) electrons. The van der Waals surface area contributed by atoms with Gasteiger partial charge in [-0.05, 0) is 23.0 Å². The molecule has 1 nitrogen and oxygen atoms in total. The van der Waals surface area contributed by atoms with Crippen molar-refractivity contribution in [3.8, 4) is 0 Å². The van der Waals surface area contributed by atoms with E-state index >= 15 is 0 Å². The quantitative estimate of drug-likeness (QED) is 0.602. The molecule has 0 fully saturated rings. The minimum atomic E-state index is -0.306. The minimum absolute atomic E-state index is 0.306. The normalized spacial score (nSPS) is 15.1. The molecule has 0 unspecified atom stereocenters. The molecule has 2 heteroatoms. The lowest BCUT2D eigenvalue weighted by Gasteiger charge is -1.97. The van der Waals surface area contributed by atoms with E-state index in [1.807, 2.05) is 10.2 Å². The second-order valence-electron chi connectivity index (χ2n) is 2.00. The predicted octanol–water partition coefficient (Wildman–Crippen LogP) is 2.65. The van der Waals surface area contributed by atoms with Crippen molar-refractivity contribution >= 4 is 22.6 Å². The highest BCUT2D eigenvalue weighted by Crippen LogP contribution is 1.97. The summed E-state index contributed by atoms with van der Waals surface area (Å²) in [6, 6.07) is 0. The number of hydrogen-bond acceptors (Lipinski definition) is 1. The monoisotopic (exact) mass is 252 g/mol. The second kappa shape index (κ2) is 7.28. The van der Waals surface area contributed by atoms with Gasteiger partial charge in [0.05, 0.1) is 6.10 Å². The lowest BCUT2D eigenvalue weighted by atomic mass is 10.2. The Morgan fingerprint density at radius 2 is 2.20 bits per heavy atom. The molecule has 0 saturated heterocycles. The van der Waals surface area contributed by atoms with Gasteiger partial charge in [0.1, 0.15) is 0 Å². The summed E-state index contributed by atoms with van der Waals surface area (Å²) in [6.07, 6.45) is 7.31. The summed E-state index contributed by atoms with van der Waals surface area (Å²) < 4.78 is 1.84. The fourth-order valence-corrected chi connectivity index (χ4v) is 1.04. The molecule has 0 saturated carbocycles. The molecule has 0 spiro atoms. The molecule has 0 rings (SSSR count). The van der Waals surface area contributed by atoms with Crippen molar-refractivity contribution in [1.82, 2.24) is 0 Å². The van der Waals surface area contributed by atoms with E-state index < -0.39 is 0 Å². The Hall–Kier alpha value is 0.170. The topological polar surface area (TPSA) is 20.2 Å². The van der Waals surface area contributed by atoms with Crippen LogP contribution in [0.25, 0.3) is 0 Å². The lowest BCUT2D eigenvalue weighted by molar-refractivity contribution is 0.227. The van der Waals surface area contributed by atoms with Crippen molar-refractivity contribution in [2.45, 2.75) is 25.9 Å². The van der Waals surface area contributed by atoms with E-state index in [2.05, 4.69) is 35.6 Å². The molecule has 58 valence electrons. The van der Waals surface area contributed by atoms with Crippen LogP contribution >= 0.6 is 22.6 Å². The fraction of sp³-hybridized carbons (Fsp3) is 0.500. The van der Waals surface area contributed by atoms with E-state index in [1.54, 1.807) is 6.08 Å². The first kappa shape index (κ1) is 10.2. The number of allylic oxidation sites excluding steroid dienone is 1. The molecule has 0 aliphatic carbocycles. The molecule has 0 aromatic heterocycles. The van der Waals surface area contributed by atoms with Gasteiger partial charge in [-0.2, -0.15) is 0 Å². The van der Waals surface area contributed by atoms with Crippen molar-refractivity contribution in [3.05, 3.63) is 22.3 Å². The first-order valence-corrected chi connectivity index (χ1v) is 4.65. The van der Waals surface area contributed by atoms with Crippen LogP contribution < -0.4 is 0 Å². The average Bonchev–Trinajstić information content (AvgIpc) is 1.89. The van der Waals surface area contributed by atoms with E-state index in [9.17, 15) is 0 Å². The molecule has 0 aliphatic heterocycles. The lowest BCUT2D eigenvalue weighted by Crippen LogP contribution is -1.98. The van der Waals surface area contributed by atoms with Crippen LogP contribution in [0.2, 0.25) is 0 Å². The third kappa shape index (κ3) is 6.29. The summed E-state index contributed by atoms with van der Waals surface area (Å²) in [4.78, 5) is 0. The maximum absolute atomic E-state index is 9.13. The molecule has 0 heterocycles. The van der Waals surface area contributed by atoms with Crippen molar-refractivity contribution in [3.63, 3.8) is 0 Å². The van der Waals surface area contributed by atoms with Gasteiger partial charge in [-0.3, -0.25) is 0 Å². The first-order valence-electron chi connectivity index (χ1n) is 3.41. The van der Waals surface area contributed by atoms with Crippen molar-refractivity contribution in [2.24, 2.45) is 0 Å². The third-order valence-electron chi connectivity index (χ3n) is 1.07. The van der Waals surface area contributed by atoms with Crippen LogP contribution in [0.1, 0.15) is 19.8 Å². The molecule has 0 bridgehead atoms. The zero-order valence-electron chi connectivity index (χ0n) is 6.13. The standard InChI is InChI=1S/C8H13IO/c1-2-3-4-5-8(10)6-7-9/h3-4,6-8,10H,2,5H2,1H3/b4-3-,7-6+/t8-/m1/s1. The number of aliphatic hydroxyl groups excluding tert-OH is 1. The summed E-state index contributed by atoms with van der Waals surface area (Å²) in [7, 11) is 0. The Labute approximate surface area is 76.0 Å². The summed E-state index contributed by atoms with van der Waals surface area (Å²) in [5.74, 6) is 0. The molecule has 1 atom stereocenters. The predicted molar refractivity (Wildman–Crippen MR) is 53.2 cm³/mol. The van der Waals surface area contributed by atoms with Gasteiger partial charge in [-0.15, -0.1) is 0 Å². The smallest absolute Gasteiger partial charge is 0.0762 e. The molecule has 0 aromatic rings. The zero-order valence-corrected chi connectivity index (χ0v) is 8.28. The molecule has 10 heavy (non-hydrogen) atoms. The van der Waals surface area contributed by atoms with Crippen LogP contribution in [0.5, 0.6) is 0 Å². The molecule has 1 N–H and O–H groups in total. The highest BCUT2D eigenvalue weighted by Gasteiger charge is 1.91. The number of aliphatic hydroxyl groups is 1. The van der Waals surface area contributed by atoms with Crippen LogP contribution in [0, 0.1) is 0 Å². The van der Waals surface area contributed by atoms with Gasteiger partial charge in [-0.1, -0.05) is 41.7 Å². The highest BCUT2D eigenvalue weighted by molar-refractivity contribution is 14.1. The molecular weight excluding hydrogens is 239 g/mol. The Bertz CT molecular complexity index is 118. The zero-order chi connectivity index (χ0) is 7.82. The Morgan fingerprint density at radius 3 is 2.70 bits per heavy atom. The van der Waals surface area contributed by atoms with Gasteiger partial charge in [0.2, 0.25) is 0 Å². The van der Waals surface area contributed by atoms with Crippen LogP contribution in [0.15, 0.2) is 22.3 Å². The summed E-state index contributed by atoms with van der Waals surface area (Å²) in [5.41, 5.74) is 0. The Kier molecular flexibility index (Phi) is 7.40. The van der Waals surface area contributed by atoms with Gasteiger partial charge in [0.15, 0.2) is 0 Å². The largest absolute Gasteiger partial charge is 0.389 e. The molecule has 0 aliphatic rings. The average molecular weight is 252 g/mol. The fourth-order valence-electron chi connectivity index (χ4n) is 0.565. The summed E-state index contributed by atoms with van der Waals surface area (Å²) in [5, 5.41) is 9.13. The maximum Gasteiger partial charge on any atom is 0.0762 e. The van der Waals surface area contributed by atoms with Gasteiger partial charge in [0.25, 0.3) is 0 Å². The third-order valence-corrected chi connectivity index (χ3v) is 1.49. The number of hydrogen-bond donors (Lipinski definition) is 1. The van der Waals surface area contributed by atoms with Crippen LogP contribution in [-0.2, 0) is 0 Å². The van der Waals surface area contributed by atoms with Crippen LogP contribution in [0.4, 0.5) is 0 Å². The summed E-state index contributed by atoms with van der Waals surface area (Å²) in [6.45, 7) is 2.08. The number of halogens is 1. The van der Waals surface area contributed by atoms with Crippen molar-refractivity contribution < 1.29 is 5.11 Å². The minimum Gasteiger partial charge on any atom is -0.389 e. The molecule has 0 aromatic carbocycles. The van der Waals surface area contributed by atoms with Gasteiger partial charge >= 0.3 is 0 Å². The molecular formula is C8H13IO. The maximum atomic E-state index is 9.13. The summed E-state index contributed by atoms with van der Waals surface area (Å²) >= 11 is 2.10. The van der Waals surface area contributed by atoms with Crippen LogP contribution in [0.3, 0.4) is 0 Å². The Balaban J connectivity index is 3.38. The SMILES string of the molecule is CC/C=C\C[C@@H](O)/C=C/I. The van der Waals surface area contributed by atoms with Crippen molar-refractivity contribution in [2.75, 3.05) is 0 Å². The first-order chi connectivity index (χ1) is 4.81.